The topological polar surface area (TPSA) is 38.3 Å². The number of hydrogen-bond donors (Lipinski definition) is 1. The van der Waals surface area contributed by atoms with Gasteiger partial charge in [-0.2, -0.15) is 0 Å². The third kappa shape index (κ3) is 5.45. The Morgan fingerprint density at radius 2 is 1.70 bits per heavy atom. The van der Waals surface area contributed by atoms with Crippen LogP contribution in [0.2, 0.25) is 0 Å². The molecule has 0 unspecified atom stereocenters. The van der Waals surface area contributed by atoms with Crippen LogP contribution in [0.1, 0.15) is 36.5 Å². The summed E-state index contributed by atoms with van der Waals surface area (Å²) in [6.45, 7) is 1.79. The Balaban J connectivity index is 1.29. The summed E-state index contributed by atoms with van der Waals surface area (Å²) in [5, 5.41) is 2.95. The Morgan fingerprint density at radius 3 is 2.47 bits per heavy atom. The highest BCUT2D eigenvalue weighted by Crippen LogP contribution is 2.26. The SMILES string of the molecule is C[C@@H](Oc1ccc2c(c1)CCCC2)C(=O)Nc1ccc(CSc2ccccc2)cc1. The second kappa shape index (κ2) is 9.86. The molecule has 0 bridgehead atoms. The number of carbonyl (C=O) groups is 1. The molecule has 3 aromatic rings. The Labute approximate surface area is 182 Å². The molecule has 0 saturated heterocycles. The zero-order valence-corrected chi connectivity index (χ0v) is 18.1. The lowest BCUT2D eigenvalue weighted by Crippen LogP contribution is -2.30. The van der Waals surface area contributed by atoms with Crippen LogP contribution < -0.4 is 10.1 Å². The van der Waals surface area contributed by atoms with Crippen LogP contribution >= 0.6 is 11.8 Å². The van der Waals surface area contributed by atoms with E-state index in [4.69, 9.17) is 4.74 Å². The van der Waals surface area contributed by atoms with E-state index < -0.39 is 6.10 Å². The normalized spacial score (nSPS) is 13.9. The number of aryl methyl sites for hydroxylation is 2. The quantitative estimate of drug-likeness (QED) is 0.461. The van der Waals surface area contributed by atoms with Crippen LogP contribution in [0.15, 0.2) is 77.7 Å². The van der Waals surface area contributed by atoms with Gasteiger partial charge in [-0.3, -0.25) is 4.79 Å². The van der Waals surface area contributed by atoms with Gasteiger partial charge in [0, 0.05) is 16.3 Å². The fourth-order valence-electron chi connectivity index (χ4n) is 3.65. The van der Waals surface area contributed by atoms with Crippen molar-refractivity contribution in [3.63, 3.8) is 0 Å². The van der Waals surface area contributed by atoms with Gasteiger partial charge in [0.2, 0.25) is 0 Å². The first-order valence-corrected chi connectivity index (χ1v) is 11.5. The van der Waals surface area contributed by atoms with Crippen LogP contribution in [0.4, 0.5) is 5.69 Å². The van der Waals surface area contributed by atoms with Crippen molar-refractivity contribution < 1.29 is 9.53 Å². The van der Waals surface area contributed by atoms with Crippen LogP contribution in [0.3, 0.4) is 0 Å². The number of fused-ring (bicyclic) bond motifs is 1. The molecule has 0 aliphatic heterocycles. The highest BCUT2D eigenvalue weighted by molar-refractivity contribution is 7.98. The van der Waals surface area contributed by atoms with Crippen molar-refractivity contribution in [2.24, 2.45) is 0 Å². The second-order valence-corrected chi connectivity index (χ2v) is 8.73. The predicted octanol–water partition coefficient (Wildman–Crippen LogP) is 6.26. The van der Waals surface area contributed by atoms with Crippen molar-refractivity contribution in [2.45, 2.75) is 49.4 Å². The summed E-state index contributed by atoms with van der Waals surface area (Å²) in [5.41, 5.74) is 4.78. The Hall–Kier alpha value is -2.72. The third-order valence-corrected chi connectivity index (χ3v) is 6.46. The zero-order valence-electron chi connectivity index (χ0n) is 17.3. The van der Waals surface area contributed by atoms with E-state index in [9.17, 15) is 4.79 Å². The molecule has 0 heterocycles. The fraction of sp³-hybridized carbons (Fsp3) is 0.269. The first-order valence-electron chi connectivity index (χ1n) is 10.5. The lowest BCUT2D eigenvalue weighted by Gasteiger charge is -2.19. The lowest BCUT2D eigenvalue weighted by molar-refractivity contribution is -0.122. The molecule has 4 heteroatoms. The smallest absolute Gasteiger partial charge is 0.265 e. The summed E-state index contributed by atoms with van der Waals surface area (Å²) in [6, 6.07) is 24.6. The van der Waals surface area contributed by atoms with E-state index in [2.05, 4.69) is 41.7 Å². The number of nitrogens with one attached hydrogen (secondary N) is 1. The van der Waals surface area contributed by atoms with Gasteiger partial charge in [0.1, 0.15) is 5.75 Å². The Morgan fingerprint density at radius 1 is 0.967 bits per heavy atom. The molecule has 3 nitrogen and oxygen atoms in total. The van der Waals surface area contributed by atoms with E-state index in [1.807, 2.05) is 36.4 Å². The number of hydrogen-bond acceptors (Lipinski definition) is 3. The van der Waals surface area contributed by atoms with Gasteiger partial charge < -0.3 is 10.1 Å². The molecular formula is C26H27NO2S. The van der Waals surface area contributed by atoms with Crippen LogP contribution in [0.25, 0.3) is 0 Å². The zero-order chi connectivity index (χ0) is 20.8. The monoisotopic (exact) mass is 417 g/mol. The van der Waals surface area contributed by atoms with Crippen LogP contribution in [0, 0.1) is 0 Å². The van der Waals surface area contributed by atoms with Gasteiger partial charge >= 0.3 is 0 Å². The molecule has 1 aliphatic rings. The number of amides is 1. The van der Waals surface area contributed by atoms with E-state index in [-0.39, 0.29) is 5.91 Å². The first kappa shape index (κ1) is 20.5. The van der Waals surface area contributed by atoms with Crippen molar-refractivity contribution in [2.75, 3.05) is 5.32 Å². The average molecular weight is 418 g/mol. The fourth-order valence-corrected chi connectivity index (χ4v) is 4.53. The molecule has 0 spiro atoms. The molecular weight excluding hydrogens is 390 g/mol. The van der Waals surface area contributed by atoms with Gasteiger partial charge in [-0.15, -0.1) is 11.8 Å². The summed E-state index contributed by atoms with van der Waals surface area (Å²) < 4.78 is 5.91. The Kier molecular flexibility index (Phi) is 6.75. The molecule has 1 aliphatic carbocycles. The van der Waals surface area contributed by atoms with Gasteiger partial charge in [0.15, 0.2) is 6.10 Å². The van der Waals surface area contributed by atoms with Gasteiger partial charge in [-0.25, -0.2) is 0 Å². The number of carbonyl (C=O) groups excluding carboxylic acids is 1. The maximum absolute atomic E-state index is 12.6. The van der Waals surface area contributed by atoms with Crippen LogP contribution in [-0.4, -0.2) is 12.0 Å². The lowest BCUT2D eigenvalue weighted by atomic mass is 9.92. The molecule has 1 atom stereocenters. The summed E-state index contributed by atoms with van der Waals surface area (Å²) >= 11 is 1.80. The molecule has 1 N–H and O–H groups in total. The molecule has 0 radical (unpaired) electrons. The molecule has 0 saturated carbocycles. The van der Waals surface area contributed by atoms with E-state index >= 15 is 0 Å². The summed E-state index contributed by atoms with van der Waals surface area (Å²) in [4.78, 5) is 13.8. The molecule has 3 aromatic carbocycles. The van der Waals surface area contributed by atoms with Crippen molar-refractivity contribution in [1.82, 2.24) is 0 Å². The van der Waals surface area contributed by atoms with Crippen molar-refractivity contribution in [3.05, 3.63) is 89.5 Å². The minimum absolute atomic E-state index is 0.140. The summed E-state index contributed by atoms with van der Waals surface area (Å²) in [6.07, 6.45) is 4.18. The van der Waals surface area contributed by atoms with E-state index in [0.717, 1.165) is 30.0 Å². The van der Waals surface area contributed by atoms with Gasteiger partial charge in [-0.05, 0) is 85.7 Å². The van der Waals surface area contributed by atoms with Gasteiger partial charge in [0.05, 0.1) is 0 Å². The van der Waals surface area contributed by atoms with Crippen molar-refractivity contribution >= 4 is 23.4 Å². The first-order chi connectivity index (χ1) is 14.7. The molecule has 4 rings (SSSR count). The molecule has 0 fully saturated rings. The Bertz CT molecular complexity index is 986. The van der Waals surface area contributed by atoms with E-state index in [0.29, 0.717) is 0 Å². The average Bonchev–Trinajstić information content (AvgIpc) is 2.79. The van der Waals surface area contributed by atoms with Crippen molar-refractivity contribution in [3.8, 4) is 5.75 Å². The van der Waals surface area contributed by atoms with E-state index in [1.54, 1.807) is 18.7 Å². The standard InChI is InChI=1S/C26H27NO2S/c1-19(29-24-16-13-21-7-5-6-8-22(21)17-24)26(28)27-23-14-11-20(12-15-23)18-30-25-9-3-2-4-10-25/h2-4,9-17,19H,5-8,18H2,1H3,(H,27,28)/t19-/m1/s1. The number of thioether (sulfide) groups is 1. The minimum atomic E-state index is -0.556. The summed E-state index contributed by atoms with van der Waals surface area (Å²) in [7, 11) is 0. The maximum atomic E-state index is 12.6. The van der Waals surface area contributed by atoms with Gasteiger partial charge in [0.25, 0.3) is 5.91 Å². The van der Waals surface area contributed by atoms with Crippen molar-refractivity contribution in [1.29, 1.82) is 0 Å². The minimum Gasteiger partial charge on any atom is -0.481 e. The summed E-state index contributed by atoms with van der Waals surface area (Å²) in [5.74, 6) is 1.53. The maximum Gasteiger partial charge on any atom is 0.265 e. The number of ether oxygens (including phenoxy) is 1. The predicted molar refractivity (Wildman–Crippen MR) is 124 cm³/mol. The number of anilines is 1. The third-order valence-electron chi connectivity index (χ3n) is 5.37. The highest BCUT2D eigenvalue weighted by Gasteiger charge is 2.16. The van der Waals surface area contributed by atoms with Crippen LogP contribution in [0.5, 0.6) is 5.75 Å². The molecule has 154 valence electrons. The molecule has 0 aromatic heterocycles. The molecule has 30 heavy (non-hydrogen) atoms. The largest absolute Gasteiger partial charge is 0.481 e. The number of rotatable bonds is 7. The highest BCUT2D eigenvalue weighted by atomic mass is 32.2. The van der Waals surface area contributed by atoms with Crippen LogP contribution in [-0.2, 0) is 23.4 Å². The number of benzene rings is 3. The van der Waals surface area contributed by atoms with Gasteiger partial charge in [-0.1, -0.05) is 36.4 Å². The second-order valence-electron chi connectivity index (χ2n) is 7.69. The molecule has 1 amide bonds. The van der Waals surface area contributed by atoms with E-state index in [1.165, 1.54) is 34.4 Å².